The van der Waals surface area contributed by atoms with Crippen LogP contribution in [-0.4, -0.2) is 50.6 Å². The highest BCUT2D eigenvalue weighted by Gasteiger charge is 2.30. The molecular formula is C21H20N2O4S. The Morgan fingerprint density at radius 3 is 2.61 bits per heavy atom. The molecule has 4 rings (SSSR count). The van der Waals surface area contributed by atoms with Crippen LogP contribution >= 0.6 is 0 Å². The number of rotatable bonds is 5. The fraction of sp³-hybridized carbons (Fsp3) is 0.190. The topological polar surface area (TPSA) is 79.2 Å². The van der Waals surface area contributed by atoms with Crippen molar-refractivity contribution in [2.45, 2.75) is 11.0 Å². The summed E-state index contributed by atoms with van der Waals surface area (Å²) < 4.78 is 34.1. The lowest BCUT2D eigenvalue weighted by atomic mass is 10.1. The first-order chi connectivity index (χ1) is 13.5. The third-order valence-corrected chi connectivity index (χ3v) is 5.96. The van der Waals surface area contributed by atoms with Crippen molar-refractivity contribution in [1.82, 2.24) is 4.90 Å². The SMILES string of the molecule is CN(CC(O)COc1cccc2ccccc12)C1=NS(=O)(=O)c2ccccc21. The first-order valence-corrected chi connectivity index (χ1v) is 10.3. The number of fused-ring (bicyclic) bond motifs is 2. The molecule has 0 fully saturated rings. The summed E-state index contributed by atoms with van der Waals surface area (Å²) in [6, 6.07) is 20.3. The van der Waals surface area contributed by atoms with E-state index in [1.54, 1.807) is 30.1 Å². The van der Waals surface area contributed by atoms with E-state index in [9.17, 15) is 13.5 Å². The molecule has 3 aromatic carbocycles. The van der Waals surface area contributed by atoms with Gasteiger partial charge in [0.2, 0.25) is 0 Å². The first-order valence-electron chi connectivity index (χ1n) is 8.90. The number of ether oxygens (including phenoxy) is 1. The summed E-state index contributed by atoms with van der Waals surface area (Å²) in [5.74, 6) is 1.03. The fourth-order valence-corrected chi connectivity index (χ4v) is 4.58. The number of nitrogens with zero attached hydrogens (tertiary/aromatic N) is 2. The van der Waals surface area contributed by atoms with Crippen molar-refractivity contribution >= 4 is 26.6 Å². The summed E-state index contributed by atoms with van der Waals surface area (Å²) in [6.07, 6.45) is -0.817. The lowest BCUT2D eigenvalue weighted by molar-refractivity contribution is 0.0923. The molecule has 144 valence electrons. The van der Waals surface area contributed by atoms with Crippen molar-refractivity contribution in [3.8, 4) is 5.75 Å². The molecule has 0 spiro atoms. The number of amidine groups is 1. The van der Waals surface area contributed by atoms with Gasteiger partial charge in [-0.25, -0.2) is 0 Å². The van der Waals surface area contributed by atoms with Gasteiger partial charge in [0.05, 0.1) is 0 Å². The molecule has 0 aliphatic carbocycles. The Labute approximate surface area is 163 Å². The molecule has 0 saturated heterocycles. The number of hydrogen-bond donors (Lipinski definition) is 1. The molecule has 7 heteroatoms. The Morgan fingerprint density at radius 2 is 1.75 bits per heavy atom. The first kappa shape index (κ1) is 18.5. The van der Waals surface area contributed by atoms with Crippen molar-refractivity contribution < 1.29 is 18.3 Å². The minimum absolute atomic E-state index is 0.0834. The van der Waals surface area contributed by atoms with Gasteiger partial charge < -0.3 is 14.7 Å². The second-order valence-corrected chi connectivity index (χ2v) is 8.28. The number of likely N-dealkylation sites (N-methyl/N-ethyl adjacent to an activating group) is 1. The molecule has 0 bridgehead atoms. The number of hydrogen-bond acceptors (Lipinski definition) is 5. The zero-order valence-corrected chi connectivity index (χ0v) is 16.1. The van der Waals surface area contributed by atoms with Crippen molar-refractivity contribution in [1.29, 1.82) is 0 Å². The highest BCUT2D eigenvalue weighted by molar-refractivity contribution is 7.90. The number of aliphatic hydroxyl groups is 1. The Kier molecular flexibility index (Phi) is 4.78. The van der Waals surface area contributed by atoms with Crippen LogP contribution in [0.1, 0.15) is 5.56 Å². The van der Waals surface area contributed by atoms with E-state index in [1.807, 2.05) is 42.5 Å². The zero-order valence-electron chi connectivity index (χ0n) is 15.3. The average Bonchev–Trinajstić information content (AvgIpc) is 2.98. The molecule has 0 saturated carbocycles. The standard InChI is InChI=1S/C21H20N2O4S/c1-23(21-18-10-4-5-12-20(18)28(25,26)22-21)13-16(24)14-27-19-11-6-8-15-7-2-3-9-17(15)19/h2-12,16,24H,13-14H2,1H3. The van der Waals surface area contributed by atoms with Crippen LogP contribution in [0.5, 0.6) is 5.75 Å². The second kappa shape index (κ2) is 7.26. The Morgan fingerprint density at radius 1 is 1.04 bits per heavy atom. The minimum Gasteiger partial charge on any atom is -0.490 e. The van der Waals surface area contributed by atoms with E-state index in [0.717, 1.165) is 10.8 Å². The van der Waals surface area contributed by atoms with E-state index in [2.05, 4.69) is 4.40 Å². The number of aliphatic hydroxyl groups excluding tert-OH is 1. The quantitative estimate of drug-likeness (QED) is 0.717. The van der Waals surface area contributed by atoms with E-state index in [4.69, 9.17) is 4.74 Å². The van der Waals surface area contributed by atoms with Crippen LogP contribution in [0, 0.1) is 0 Å². The van der Waals surface area contributed by atoms with Gasteiger partial charge in [0.25, 0.3) is 10.0 Å². The average molecular weight is 396 g/mol. The maximum Gasteiger partial charge on any atom is 0.285 e. The van der Waals surface area contributed by atoms with Gasteiger partial charge in [-0.1, -0.05) is 48.5 Å². The Hall–Kier alpha value is -2.90. The number of benzene rings is 3. The summed E-state index contributed by atoms with van der Waals surface area (Å²) in [5, 5.41) is 12.5. The van der Waals surface area contributed by atoms with E-state index in [1.165, 1.54) is 6.07 Å². The molecule has 1 heterocycles. The summed E-state index contributed by atoms with van der Waals surface area (Å²) in [7, 11) is -1.98. The van der Waals surface area contributed by atoms with Crippen molar-refractivity contribution in [2.24, 2.45) is 4.40 Å². The molecule has 6 nitrogen and oxygen atoms in total. The molecule has 1 aliphatic rings. The van der Waals surface area contributed by atoms with E-state index < -0.39 is 16.1 Å². The van der Waals surface area contributed by atoms with Crippen LogP contribution in [0.3, 0.4) is 0 Å². The highest BCUT2D eigenvalue weighted by atomic mass is 32.2. The maximum absolute atomic E-state index is 12.2. The molecule has 1 aliphatic heterocycles. The summed E-state index contributed by atoms with van der Waals surface area (Å²) >= 11 is 0. The van der Waals surface area contributed by atoms with Gasteiger partial charge in [-0.3, -0.25) is 0 Å². The Balaban J connectivity index is 1.45. The van der Waals surface area contributed by atoms with Gasteiger partial charge >= 0.3 is 0 Å². The molecule has 0 radical (unpaired) electrons. The van der Waals surface area contributed by atoms with Gasteiger partial charge in [0, 0.05) is 24.5 Å². The molecule has 0 amide bonds. The van der Waals surface area contributed by atoms with Crippen LogP contribution in [0.25, 0.3) is 10.8 Å². The summed E-state index contributed by atoms with van der Waals surface area (Å²) in [4.78, 5) is 1.83. The van der Waals surface area contributed by atoms with E-state index in [0.29, 0.717) is 17.1 Å². The molecule has 3 aromatic rings. The van der Waals surface area contributed by atoms with Gasteiger partial charge in [-0.2, -0.15) is 8.42 Å². The van der Waals surface area contributed by atoms with Crippen LogP contribution in [0.15, 0.2) is 76.0 Å². The van der Waals surface area contributed by atoms with Crippen LogP contribution < -0.4 is 4.74 Å². The van der Waals surface area contributed by atoms with Gasteiger partial charge in [0.1, 0.15) is 23.4 Å². The highest BCUT2D eigenvalue weighted by Crippen LogP contribution is 2.27. The predicted octanol–water partition coefficient (Wildman–Crippen LogP) is 2.66. The van der Waals surface area contributed by atoms with Crippen molar-refractivity contribution in [3.63, 3.8) is 0 Å². The second-order valence-electron chi connectivity index (χ2n) is 6.71. The summed E-state index contributed by atoms with van der Waals surface area (Å²) in [5.41, 5.74) is 0.548. The monoisotopic (exact) mass is 396 g/mol. The molecule has 28 heavy (non-hydrogen) atoms. The predicted molar refractivity (Wildman–Crippen MR) is 108 cm³/mol. The van der Waals surface area contributed by atoms with Gasteiger partial charge in [-0.15, -0.1) is 4.40 Å². The van der Waals surface area contributed by atoms with Crippen molar-refractivity contribution in [3.05, 3.63) is 72.3 Å². The largest absolute Gasteiger partial charge is 0.490 e. The van der Waals surface area contributed by atoms with E-state index in [-0.39, 0.29) is 18.0 Å². The molecule has 1 unspecified atom stereocenters. The third-order valence-electron chi connectivity index (χ3n) is 4.64. The normalized spacial score (nSPS) is 15.7. The maximum atomic E-state index is 12.2. The molecule has 0 aromatic heterocycles. The lowest BCUT2D eigenvalue weighted by Crippen LogP contribution is -2.37. The van der Waals surface area contributed by atoms with Crippen LogP contribution in [-0.2, 0) is 10.0 Å². The minimum atomic E-state index is -3.68. The summed E-state index contributed by atoms with van der Waals surface area (Å²) in [6.45, 7) is 0.271. The molecule has 1 atom stereocenters. The van der Waals surface area contributed by atoms with Gasteiger partial charge in [-0.05, 0) is 23.6 Å². The van der Waals surface area contributed by atoms with Crippen LogP contribution in [0.4, 0.5) is 0 Å². The zero-order chi connectivity index (χ0) is 19.7. The third kappa shape index (κ3) is 3.46. The molecule has 1 N–H and O–H groups in total. The van der Waals surface area contributed by atoms with Crippen LogP contribution in [0.2, 0.25) is 0 Å². The Bertz CT molecular complexity index is 1150. The lowest BCUT2D eigenvalue weighted by Gasteiger charge is -2.22. The van der Waals surface area contributed by atoms with Gasteiger partial charge in [0.15, 0.2) is 5.84 Å². The van der Waals surface area contributed by atoms with E-state index >= 15 is 0 Å². The number of sulfonamides is 1. The smallest absolute Gasteiger partial charge is 0.285 e. The molecular weight excluding hydrogens is 376 g/mol. The van der Waals surface area contributed by atoms with Crippen molar-refractivity contribution in [2.75, 3.05) is 20.2 Å². The fourth-order valence-electron chi connectivity index (χ4n) is 3.33.